The van der Waals surface area contributed by atoms with Crippen molar-refractivity contribution < 1.29 is 18.1 Å². The Kier molecular flexibility index (Phi) is 4.58. The van der Waals surface area contributed by atoms with Crippen molar-refractivity contribution in [1.82, 2.24) is 20.3 Å². The van der Waals surface area contributed by atoms with E-state index >= 15 is 0 Å². The Bertz CT molecular complexity index is 649. The van der Waals surface area contributed by atoms with Gasteiger partial charge in [0.05, 0.1) is 17.3 Å². The third-order valence-electron chi connectivity index (χ3n) is 3.16. The van der Waals surface area contributed by atoms with E-state index in [0.29, 0.717) is 5.56 Å². The van der Waals surface area contributed by atoms with Gasteiger partial charge in [-0.3, -0.25) is 9.48 Å². The number of rotatable bonds is 6. The average Bonchev–Trinajstić information content (AvgIpc) is 3.07. The molecular formula is C14H18F2N4O2. The average molecular weight is 312 g/mol. The molecule has 0 bridgehead atoms. The first kappa shape index (κ1) is 16.1. The first-order valence-corrected chi connectivity index (χ1v) is 6.93. The molecule has 0 atom stereocenters. The maximum Gasteiger partial charge on any atom is 0.298 e. The molecule has 6 nitrogen and oxygen atoms in total. The molecule has 0 unspecified atom stereocenters. The highest BCUT2D eigenvalue weighted by molar-refractivity contribution is 5.94. The lowest BCUT2D eigenvalue weighted by molar-refractivity contribution is 0.0907. The normalized spacial score (nSPS) is 11.9. The minimum atomic E-state index is -2.74. The number of carbonyl (C=O) groups excluding carboxylic acids is 1. The number of halogens is 2. The van der Waals surface area contributed by atoms with Crippen molar-refractivity contribution in [2.45, 2.75) is 45.7 Å². The molecule has 0 aromatic carbocycles. The Morgan fingerprint density at radius 3 is 2.82 bits per heavy atom. The van der Waals surface area contributed by atoms with Gasteiger partial charge in [-0.2, -0.15) is 5.10 Å². The molecule has 0 aliphatic carbocycles. The molecule has 2 aromatic heterocycles. The third-order valence-corrected chi connectivity index (χ3v) is 3.16. The van der Waals surface area contributed by atoms with Gasteiger partial charge < -0.3 is 9.84 Å². The van der Waals surface area contributed by atoms with Gasteiger partial charge in [-0.1, -0.05) is 12.1 Å². The fourth-order valence-electron chi connectivity index (χ4n) is 1.94. The van der Waals surface area contributed by atoms with Gasteiger partial charge in [-0.15, -0.1) is 0 Å². The lowest BCUT2D eigenvalue weighted by Crippen LogP contribution is -2.41. The van der Waals surface area contributed by atoms with Crippen LogP contribution in [0.1, 0.15) is 55.4 Å². The predicted molar refractivity (Wildman–Crippen MR) is 74.5 cm³/mol. The Morgan fingerprint density at radius 2 is 2.23 bits per heavy atom. The quantitative estimate of drug-likeness (QED) is 0.890. The van der Waals surface area contributed by atoms with E-state index in [4.69, 9.17) is 0 Å². The van der Waals surface area contributed by atoms with E-state index in [1.54, 1.807) is 24.7 Å². The molecule has 22 heavy (non-hydrogen) atoms. The van der Waals surface area contributed by atoms with Gasteiger partial charge in [0.2, 0.25) is 5.76 Å². The molecule has 1 amide bonds. The van der Waals surface area contributed by atoms with Crippen LogP contribution < -0.4 is 5.32 Å². The zero-order valence-electron chi connectivity index (χ0n) is 12.6. The van der Waals surface area contributed by atoms with Crippen LogP contribution in [-0.2, 0) is 12.1 Å². The molecule has 2 heterocycles. The summed E-state index contributed by atoms with van der Waals surface area (Å²) in [6, 6.07) is 1.14. The summed E-state index contributed by atoms with van der Waals surface area (Å²) in [5, 5.41) is 10.4. The lowest BCUT2D eigenvalue weighted by atomic mass is 10.00. The molecule has 0 aliphatic rings. The molecule has 120 valence electrons. The van der Waals surface area contributed by atoms with Crippen molar-refractivity contribution in [2.24, 2.45) is 0 Å². The van der Waals surface area contributed by atoms with Crippen molar-refractivity contribution in [3.63, 3.8) is 0 Å². The second-order valence-corrected chi connectivity index (χ2v) is 5.49. The predicted octanol–water partition coefficient (Wildman–Crippen LogP) is 2.88. The van der Waals surface area contributed by atoms with Crippen molar-refractivity contribution in [1.29, 1.82) is 0 Å². The number of nitrogens with one attached hydrogen (secondary N) is 1. The molecule has 2 aromatic rings. The van der Waals surface area contributed by atoms with E-state index in [1.165, 1.54) is 6.20 Å². The Hall–Kier alpha value is -2.25. The number of amides is 1. The largest absolute Gasteiger partial charge is 0.355 e. The molecule has 0 spiro atoms. The first-order chi connectivity index (χ1) is 10.3. The Morgan fingerprint density at radius 1 is 1.50 bits per heavy atom. The molecule has 0 fully saturated rings. The van der Waals surface area contributed by atoms with Crippen molar-refractivity contribution >= 4 is 5.91 Å². The SMILES string of the molecule is CCCn1cc(C(=O)NC(C)(C)c2cc(C(F)F)on2)cn1. The monoisotopic (exact) mass is 312 g/mol. The molecule has 0 aliphatic heterocycles. The van der Waals surface area contributed by atoms with Crippen LogP contribution in [-0.4, -0.2) is 20.8 Å². The fraction of sp³-hybridized carbons (Fsp3) is 0.500. The van der Waals surface area contributed by atoms with E-state index < -0.39 is 17.7 Å². The summed E-state index contributed by atoms with van der Waals surface area (Å²) in [4.78, 5) is 12.2. The van der Waals surface area contributed by atoms with Crippen LogP contribution in [0.5, 0.6) is 0 Å². The topological polar surface area (TPSA) is 73.0 Å². The van der Waals surface area contributed by atoms with Gasteiger partial charge in [0.15, 0.2) is 0 Å². The van der Waals surface area contributed by atoms with Gasteiger partial charge in [0, 0.05) is 18.8 Å². The van der Waals surface area contributed by atoms with E-state index in [2.05, 4.69) is 20.1 Å². The number of carbonyl (C=O) groups is 1. The van der Waals surface area contributed by atoms with Crippen LogP contribution >= 0.6 is 0 Å². The molecule has 0 saturated heterocycles. The minimum Gasteiger partial charge on any atom is -0.355 e. The van der Waals surface area contributed by atoms with E-state index in [9.17, 15) is 13.6 Å². The summed E-state index contributed by atoms with van der Waals surface area (Å²) in [5.74, 6) is -0.873. The summed E-state index contributed by atoms with van der Waals surface area (Å²) in [5.41, 5.74) is -0.308. The number of aryl methyl sites for hydroxylation is 1. The third kappa shape index (κ3) is 3.49. The summed E-state index contributed by atoms with van der Waals surface area (Å²) >= 11 is 0. The highest BCUT2D eigenvalue weighted by atomic mass is 19.3. The van der Waals surface area contributed by atoms with Gasteiger partial charge in [0.1, 0.15) is 5.69 Å². The molecule has 2 rings (SSSR count). The van der Waals surface area contributed by atoms with Crippen LogP contribution in [0, 0.1) is 0 Å². The van der Waals surface area contributed by atoms with Crippen molar-refractivity contribution in [2.75, 3.05) is 0 Å². The fourth-order valence-corrected chi connectivity index (χ4v) is 1.94. The van der Waals surface area contributed by atoms with Crippen LogP contribution in [0.15, 0.2) is 23.0 Å². The number of hydrogen-bond acceptors (Lipinski definition) is 4. The summed E-state index contributed by atoms with van der Waals surface area (Å²) in [6.45, 7) is 6.05. The first-order valence-electron chi connectivity index (χ1n) is 6.93. The van der Waals surface area contributed by atoms with Crippen LogP contribution in [0.3, 0.4) is 0 Å². The van der Waals surface area contributed by atoms with Crippen LogP contribution in [0.25, 0.3) is 0 Å². The molecule has 0 saturated carbocycles. The van der Waals surface area contributed by atoms with E-state index in [0.717, 1.165) is 19.0 Å². The zero-order chi connectivity index (χ0) is 16.3. The highest BCUT2D eigenvalue weighted by Gasteiger charge is 2.29. The Labute approximate surface area is 126 Å². The smallest absolute Gasteiger partial charge is 0.298 e. The molecular weight excluding hydrogens is 294 g/mol. The molecule has 8 heteroatoms. The summed E-state index contributed by atoms with van der Waals surface area (Å²) in [6.07, 6.45) is 1.28. The lowest BCUT2D eigenvalue weighted by Gasteiger charge is -2.23. The number of nitrogens with zero attached hydrogens (tertiary/aromatic N) is 3. The van der Waals surface area contributed by atoms with Crippen molar-refractivity contribution in [3.8, 4) is 0 Å². The van der Waals surface area contributed by atoms with Gasteiger partial charge in [-0.25, -0.2) is 8.78 Å². The van der Waals surface area contributed by atoms with Gasteiger partial charge >= 0.3 is 0 Å². The minimum absolute atomic E-state index is 0.233. The van der Waals surface area contributed by atoms with E-state index in [-0.39, 0.29) is 11.6 Å². The number of hydrogen-bond donors (Lipinski definition) is 1. The van der Waals surface area contributed by atoms with Crippen LogP contribution in [0.2, 0.25) is 0 Å². The maximum absolute atomic E-state index is 12.5. The van der Waals surface area contributed by atoms with E-state index in [1.807, 2.05) is 6.92 Å². The van der Waals surface area contributed by atoms with Gasteiger partial charge in [-0.05, 0) is 20.3 Å². The standard InChI is InChI=1S/C14H18F2N4O2/c1-4-5-20-8-9(7-17-20)13(21)18-14(2,3)11-6-10(12(15)16)22-19-11/h6-8,12H,4-5H2,1-3H3,(H,18,21). The summed E-state index contributed by atoms with van der Waals surface area (Å²) in [7, 11) is 0. The number of aromatic nitrogens is 3. The van der Waals surface area contributed by atoms with Gasteiger partial charge in [0.25, 0.3) is 12.3 Å². The molecule has 0 radical (unpaired) electrons. The van der Waals surface area contributed by atoms with Crippen LogP contribution in [0.4, 0.5) is 8.78 Å². The zero-order valence-corrected chi connectivity index (χ0v) is 12.6. The second-order valence-electron chi connectivity index (χ2n) is 5.49. The number of alkyl halides is 2. The second kappa shape index (κ2) is 6.25. The van der Waals surface area contributed by atoms with Crippen molar-refractivity contribution in [3.05, 3.63) is 35.5 Å². The highest BCUT2D eigenvalue weighted by Crippen LogP contribution is 2.25. The summed E-state index contributed by atoms with van der Waals surface area (Å²) < 4.78 is 31.3. The Balaban J connectivity index is 2.10. The maximum atomic E-state index is 12.5. The molecule has 1 N–H and O–H groups in total.